The second-order valence-electron chi connectivity index (χ2n) is 8.58. The van der Waals surface area contributed by atoms with Crippen molar-refractivity contribution in [1.29, 1.82) is 0 Å². The molecule has 2 aromatic carbocycles. The number of carbonyl (C=O) groups excluding carboxylic acids is 1. The van der Waals surface area contributed by atoms with Gasteiger partial charge in [0, 0.05) is 25.1 Å². The van der Waals surface area contributed by atoms with Gasteiger partial charge in [0.05, 0.1) is 29.5 Å². The van der Waals surface area contributed by atoms with Crippen LogP contribution in [0.1, 0.15) is 29.7 Å². The van der Waals surface area contributed by atoms with Gasteiger partial charge in [-0.25, -0.2) is 13.1 Å². The average Bonchev–Trinajstić information content (AvgIpc) is 3.47. The highest BCUT2D eigenvalue weighted by atomic mass is 32.2. The van der Waals surface area contributed by atoms with Crippen LogP contribution in [0.15, 0.2) is 59.5 Å². The zero-order chi connectivity index (χ0) is 23.5. The molecule has 1 aromatic heterocycles. The monoisotopic (exact) mass is 480 g/mol. The van der Waals surface area contributed by atoms with E-state index < -0.39 is 10.0 Å². The molecule has 0 saturated carbocycles. The number of nitrogens with one attached hydrogen (secondary N) is 1. The third-order valence-electron chi connectivity index (χ3n) is 6.34. The summed E-state index contributed by atoms with van der Waals surface area (Å²) >= 11 is 0. The number of hydrogen-bond acceptors (Lipinski definition) is 5. The fraction of sp³-hybridized carbons (Fsp3) is 0.360. The maximum atomic E-state index is 12.8. The van der Waals surface area contributed by atoms with Crippen molar-refractivity contribution in [3.8, 4) is 5.69 Å². The van der Waals surface area contributed by atoms with E-state index in [2.05, 4.69) is 5.32 Å². The summed E-state index contributed by atoms with van der Waals surface area (Å²) in [6.45, 7) is 1.57. The lowest BCUT2D eigenvalue weighted by atomic mass is 10.1. The van der Waals surface area contributed by atoms with Crippen molar-refractivity contribution >= 4 is 21.7 Å². The van der Waals surface area contributed by atoms with Crippen LogP contribution >= 0.6 is 0 Å². The second-order valence-corrected chi connectivity index (χ2v) is 10.5. The van der Waals surface area contributed by atoms with Crippen LogP contribution < -0.4 is 5.32 Å². The molecule has 0 spiro atoms. The van der Waals surface area contributed by atoms with Crippen molar-refractivity contribution in [3.05, 3.63) is 71.4 Å². The third kappa shape index (κ3) is 4.64. The topological polar surface area (TPSA) is 93.5 Å². The molecule has 2 heterocycles. The van der Waals surface area contributed by atoms with Crippen molar-refractivity contribution in [2.24, 2.45) is 0 Å². The molecule has 1 fully saturated rings. The number of carbonyl (C=O) groups is 1. The molecule has 34 heavy (non-hydrogen) atoms. The normalized spacial score (nSPS) is 16.4. The second kappa shape index (κ2) is 9.69. The Hall–Kier alpha value is -3.01. The molecular weight excluding hydrogens is 452 g/mol. The number of para-hydroxylation sites is 1. The number of ether oxygens (including phenoxy) is 1. The lowest BCUT2D eigenvalue weighted by Crippen LogP contribution is -2.40. The maximum absolute atomic E-state index is 12.8. The van der Waals surface area contributed by atoms with Crippen LogP contribution in [0.25, 0.3) is 5.69 Å². The van der Waals surface area contributed by atoms with Crippen LogP contribution in [0.3, 0.4) is 0 Å². The molecule has 1 aliphatic heterocycles. The van der Waals surface area contributed by atoms with Gasteiger partial charge in [0.1, 0.15) is 5.82 Å². The number of sulfonamides is 1. The number of morpholine rings is 1. The molecule has 0 bridgehead atoms. The van der Waals surface area contributed by atoms with Crippen molar-refractivity contribution in [2.45, 2.75) is 37.0 Å². The van der Waals surface area contributed by atoms with Gasteiger partial charge in [0.2, 0.25) is 15.9 Å². The first-order valence-corrected chi connectivity index (χ1v) is 13.1. The Kier molecular flexibility index (Phi) is 6.49. The van der Waals surface area contributed by atoms with E-state index in [0.29, 0.717) is 39.1 Å². The quantitative estimate of drug-likeness (QED) is 0.561. The van der Waals surface area contributed by atoms with Crippen LogP contribution in [0.2, 0.25) is 0 Å². The Bertz CT molecular complexity index is 1260. The fourth-order valence-corrected chi connectivity index (χ4v) is 5.90. The zero-order valence-electron chi connectivity index (χ0n) is 18.9. The highest BCUT2D eigenvalue weighted by Crippen LogP contribution is 2.31. The highest BCUT2D eigenvalue weighted by Gasteiger charge is 2.26. The Morgan fingerprint density at radius 3 is 2.47 bits per heavy atom. The Balaban J connectivity index is 1.24. The van der Waals surface area contributed by atoms with Crippen LogP contribution in [0.5, 0.6) is 0 Å². The summed E-state index contributed by atoms with van der Waals surface area (Å²) in [6.07, 6.45) is 3.71. The van der Waals surface area contributed by atoms with E-state index in [1.807, 2.05) is 35.0 Å². The lowest BCUT2D eigenvalue weighted by molar-refractivity contribution is -0.116. The minimum atomic E-state index is -3.52. The zero-order valence-corrected chi connectivity index (χ0v) is 19.8. The number of hydrogen-bond donors (Lipinski definition) is 1. The van der Waals surface area contributed by atoms with Crippen LogP contribution in [-0.2, 0) is 38.8 Å². The largest absolute Gasteiger partial charge is 0.379 e. The number of aromatic nitrogens is 2. The first kappa shape index (κ1) is 22.8. The van der Waals surface area contributed by atoms with Gasteiger partial charge in [-0.15, -0.1) is 0 Å². The molecule has 0 atom stereocenters. The minimum absolute atomic E-state index is 0.0863. The smallest absolute Gasteiger partial charge is 0.243 e. The molecular formula is C25H28N4O4S. The van der Waals surface area contributed by atoms with Gasteiger partial charge in [0.15, 0.2) is 0 Å². The molecule has 178 valence electrons. The summed E-state index contributed by atoms with van der Waals surface area (Å²) < 4.78 is 34.1. The Morgan fingerprint density at radius 2 is 1.74 bits per heavy atom. The molecule has 0 radical (unpaired) electrons. The van der Waals surface area contributed by atoms with Crippen molar-refractivity contribution in [3.63, 3.8) is 0 Å². The predicted octanol–water partition coefficient (Wildman–Crippen LogP) is 2.95. The number of rotatable bonds is 7. The molecule has 5 rings (SSSR count). The molecule has 8 nitrogen and oxygen atoms in total. The van der Waals surface area contributed by atoms with Gasteiger partial charge in [-0.3, -0.25) is 4.79 Å². The summed E-state index contributed by atoms with van der Waals surface area (Å²) in [5.41, 5.74) is 4.01. The first-order chi connectivity index (χ1) is 16.5. The number of aryl methyl sites for hydroxylation is 2. The molecule has 1 aliphatic carbocycles. The number of nitrogens with zero attached hydrogens (tertiary/aromatic N) is 3. The number of amides is 1. The molecule has 1 N–H and O–H groups in total. The number of anilines is 1. The Morgan fingerprint density at radius 1 is 1.00 bits per heavy atom. The Labute approximate surface area is 199 Å². The van der Waals surface area contributed by atoms with E-state index >= 15 is 0 Å². The summed E-state index contributed by atoms with van der Waals surface area (Å²) in [5, 5.41) is 7.82. The van der Waals surface area contributed by atoms with E-state index in [1.54, 1.807) is 24.3 Å². The molecule has 9 heteroatoms. The molecule has 2 aliphatic rings. The summed E-state index contributed by atoms with van der Waals surface area (Å²) in [4.78, 5) is 13.1. The van der Waals surface area contributed by atoms with E-state index in [1.165, 1.54) is 4.31 Å². The fourth-order valence-electron chi connectivity index (χ4n) is 4.49. The average molecular weight is 481 g/mol. The third-order valence-corrected chi connectivity index (χ3v) is 8.25. The van der Waals surface area contributed by atoms with E-state index in [0.717, 1.165) is 47.6 Å². The lowest BCUT2D eigenvalue weighted by Gasteiger charge is -2.26. The van der Waals surface area contributed by atoms with Crippen LogP contribution in [-0.4, -0.2) is 54.7 Å². The van der Waals surface area contributed by atoms with Gasteiger partial charge in [-0.1, -0.05) is 30.3 Å². The first-order valence-electron chi connectivity index (χ1n) is 11.7. The molecule has 0 unspecified atom stereocenters. The van der Waals surface area contributed by atoms with Gasteiger partial charge >= 0.3 is 0 Å². The standard InChI is InChI=1S/C25H28N4O4S/c30-24(26-25-22-7-4-8-23(22)27-29(25)20-5-2-1-3-6-20)14-11-19-9-12-21(13-10-19)34(31,32)28-15-17-33-18-16-28/h1-3,5-6,9-10,12-13H,4,7-8,11,14-18H2,(H,26,30). The summed E-state index contributed by atoms with van der Waals surface area (Å²) in [7, 11) is -3.52. The molecule has 1 saturated heterocycles. The van der Waals surface area contributed by atoms with Crippen molar-refractivity contribution in [1.82, 2.24) is 14.1 Å². The van der Waals surface area contributed by atoms with Gasteiger partial charge < -0.3 is 10.1 Å². The van der Waals surface area contributed by atoms with Crippen LogP contribution in [0, 0.1) is 0 Å². The molecule has 1 amide bonds. The van der Waals surface area contributed by atoms with Gasteiger partial charge in [0.25, 0.3) is 0 Å². The molecule has 3 aromatic rings. The van der Waals surface area contributed by atoms with Crippen LogP contribution in [0.4, 0.5) is 5.82 Å². The van der Waals surface area contributed by atoms with Crippen molar-refractivity contribution < 1.29 is 17.9 Å². The number of fused-ring (bicyclic) bond motifs is 1. The van der Waals surface area contributed by atoms with Crippen molar-refractivity contribution in [2.75, 3.05) is 31.6 Å². The maximum Gasteiger partial charge on any atom is 0.243 e. The van der Waals surface area contributed by atoms with Gasteiger partial charge in [-0.05, 0) is 55.5 Å². The van der Waals surface area contributed by atoms with Gasteiger partial charge in [-0.2, -0.15) is 9.40 Å². The SMILES string of the molecule is O=C(CCc1ccc(S(=O)(=O)N2CCOCC2)cc1)Nc1c2c(nn1-c1ccccc1)CCC2. The number of benzene rings is 2. The van der Waals surface area contributed by atoms with E-state index in [4.69, 9.17) is 9.84 Å². The summed E-state index contributed by atoms with van der Waals surface area (Å²) in [5.74, 6) is 0.674. The predicted molar refractivity (Wildman–Crippen MR) is 129 cm³/mol. The minimum Gasteiger partial charge on any atom is -0.379 e. The highest BCUT2D eigenvalue weighted by molar-refractivity contribution is 7.89. The summed E-state index contributed by atoms with van der Waals surface area (Å²) in [6, 6.07) is 16.6. The van der Waals surface area contributed by atoms with E-state index in [9.17, 15) is 13.2 Å². The van der Waals surface area contributed by atoms with E-state index in [-0.39, 0.29) is 10.8 Å².